The molecule has 0 radical (unpaired) electrons. The Morgan fingerprint density at radius 3 is 2.50 bits per heavy atom. The molecule has 0 aliphatic rings. The number of nitro benzene ring substituents is 1. The van der Waals surface area contributed by atoms with Gasteiger partial charge < -0.3 is 5.11 Å². The lowest BCUT2D eigenvalue weighted by Crippen LogP contribution is -1.99. The van der Waals surface area contributed by atoms with Crippen LogP contribution in [-0.4, -0.2) is 16.0 Å². The van der Waals surface area contributed by atoms with E-state index in [4.69, 9.17) is 5.11 Å². The second-order valence-electron chi connectivity index (χ2n) is 2.23. The highest BCUT2D eigenvalue weighted by atomic mass is 79.9. The number of carboxylic acid groups (broad SMARTS) is 1. The van der Waals surface area contributed by atoms with Crippen LogP contribution in [0.5, 0.6) is 0 Å². The van der Waals surface area contributed by atoms with E-state index < -0.39 is 10.9 Å². The number of non-ortho nitro benzene ring substituents is 1. The fraction of sp³-hybridized carbons (Fsp3) is 0. The van der Waals surface area contributed by atoms with Crippen molar-refractivity contribution >= 4 is 40.0 Å². The maximum atomic E-state index is 10.5. The van der Waals surface area contributed by atoms with Crippen LogP contribution < -0.4 is 0 Å². The zero-order valence-corrected chi connectivity index (χ0v) is 9.04. The summed E-state index contributed by atoms with van der Waals surface area (Å²) in [6.07, 6.45) is 0. The van der Waals surface area contributed by atoms with Crippen LogP contribution in [0.3, 0.4) is 0 Å². The van der Waals surface area contributed by atoms with Gasteiger partial charge in [-0.1, -0.05) is 0 Å². The van der Waals surface area contributed by atoms with Crippen molar-refractivity contribution in [2.45, 2.75) is 0 Å². The number of nitrogens with zero attached hydrogens (tertiary/aromatic N) is 1. The minimum atomic E-state index is -1.20. The van der Waals surface area contributed by atoms with E-state index >= 15 is 0 Å². The van der Waals surface area contributed by atoms with E-state index in [-0.39, 0.29) is 23.7 Å². The lowest BCUT2D eigenvalue weighted by Gasteiger charge is -1.97. The predicted molar refractivity (Wildman–Crippen MR) is 55.0 cm³/mol. The average molecular weight is 282 g/mol. The molecular formula is C7H5BrClNO4. The van der Waals surface area contributed by atoms with Crippen molar-refractivity contribution in [1.29, 1.82) is 0 Å². The van der Waals surface area contributed by atoms with Gasteiger partial charge in [-0.05, 0) is 22.0 Å². The number of carboxylic acids is 1. The van der Waals surface area contributed by atoms with Crippen molar-refractivity contribution < 1.29 is 14.8 Å². The summed E-state index contributed by atoms with van der Waals surface area (Å²) in [7, 11) is 0. The van der Waals surface area contributed by atoms with Gasteiger partial charge >= 0.3 is 5.97 Å². The Labute approximate surface area is 93.4 Å². The molecule has 1 N–H and O–H groups in total. The number of rotatable bonds is 2. The van der Waals surface area contributed by atoms with Crippen molar-refractivity contribution in [1.82, 2.24) is 0 Å². The number of hydrogen-bond donors (Lipinski definition) is 1. The second kappa shape index (κ2) is 4.92. The predicted octanol–water partition coefficient (Wildman–Crippen LogP) is 2.48. The molecular weight excluding hydrogens is 277 g/mol. The van der Waals surface area contributed by atoms with Crippen LogP contribution in [0.15, 0.2) is 22.7 Å². The summed E-state index contributed by atoms with van der Waals surface area (Å²) in [5.41, 5.74) is -0.352. The van der Waals surface area contributed by atoms with E-state index in [2.05, 4.69) is 15.9 Å². The second-order valence-corrected chi connectivity index (χ2v) is 3.08. The monoisotopic (exact) mass is 281 g/mol. The molecule has 1 rings (SSSR count). The number of nitro groups is 1. The number of aromatic carboxylic acids is 1. The molecule has 0 atom stereocenters. The van der Waals surface area contributed by atoms with Crippen LogP contribution in [-0.2, 0) is 0 Å². The van der Waals surface area contributed by atoms with Crippen LogP contribution in [0.25, 0.3) is 0 Å². The lowest BCUT2D eigenvalue weighted by molar-refractivity contribution is -0.384. The van der Waals surface area contributed by atoms with Crippen molar-refractivity contribution in [2.75, 3.05) is 0 Å². The van der Waals surface area contributed by atoms with Crippen molar-refractivity contribution in [3.63, 3.8) is 0 Å². The Hall–Kier alpha value is -1.14. The SMILES string of the molecule is Cl.O=C(O)c1cc([N+](=O)[O-])ccc1Br. The van der Waals surface area contributed by atoms with Gasteiger partial charge in [0.15, 0.2) is 0 Å². The van der Waals surface area contributed by atoms with Crippen LogP contribution in [0, 0.1) is 10.1 Å². The molecule has 0 saturated carbocycles. The van der Waals surface area contributed by atoms with E-state index in [1.54, 1.807) is 0 Å². The topological polar surface area (TPSA) is 80.4 Å². The minimum absolute atomic E-state index is 0. The zero-order chi connectivity index (χ0) is 10.0. The van der Waals surface area contributed by atoms with Gasteiger partial charge in [0.05, 0.1) is 10.5 Å². The number of hydrogen-bond acceptors (Lipinski definition) is 3. The van der Waals surface area contributed by atoms with Crippen LogP contribution in [0.4, 0.5) is 5.69 Å². The van der Waals surface area contributed by atoms with Gasteiger partial charge in [0.1, 0.15) is 0 Å². The Kier molecular flexibility index (Phi) is 4.52. The van der Waals surface area contributed by atoms with Crippen molar-refractivity contribution in [3.05, 3.63) is 38.3 Å². The molecule has 0 aromatic heterocycles. The van der Waals surface area contributed by atoms with Gasteiger partial charge in [0.2, 0.25) is 0 Å². The molecule has 0 spiro atoms. The maximum absolute atomic E-state index is 10.5. The first-order chi connectivity index (χ1) is 6.02. The molecule has 0 aliphatic heterocycles. The molecule has 0 amide bonds. The average Bonchev–Trinajstić information content (AvgIpc) is 2.04. The fourth-order valence-corrected chi connectivity index (χ4v) is 1.21. The van der Waals surface area contributed by atoms with Crippen molar-refractivity contribution in [3.8, 4) is 0 Å². The van der Waals surface area contributed by atoms with E-state index in [1.807, 2.05) is 0 Å². The van der Waals surface area contributed by atoms with Gasteiger partial charge in [-0.3, -0.25) is 10.1 Å². The Bertz CT molecular complexity index is 382. The number of carbonyl (C=O) groups is 1. The van der Waals surface area contributed by atoms with Crippen molar-refractivity contribution in [2.24, 2.45) is 0 Å². The highest BCUT2D eigenvalue weighted by Gasteiger charge is 2.13. The molecule has 5 nitrogen and oxygen atoms in total. The van der Waals surface area contributed by atoms with Gasteiger partial charge in [-0.2, -0.15) is 0 Å². The zero-order valence-electron chi connectivity index (χ0n) is 6.64. The third kappa shape index (κ3) is 2.68. The molecule has 7 heteroatoms. The summed E-state index contributed by atoms with van der Waals surface area (Å²) in [4.78, 5) is 20.2. The van der Waals surface area contributed by atoms with Gasteiger partial charge in [0.25, 0.3) is 5.69 Å². The Balaban J connectivity index is 0.00000169. The summed E-state index contributed by atoms with van der Waals surface area (Å²) in [5.74, 6) is -1.20. The third-order valence-corrected chi connectivity index (χ3v) is 2.08. The molecule has 0 bridgehead atoms. The molecule has 1 aromatic carbocycles. The molecule has 76 valence electrons. The van der Waals surface area contributed by atoms with E-state index in [1.165, 1.54) is 12.1 Å². The Morgan fingerprint density at radius 1 is 1.50 bits per heavy atom. The molecule has 0 heterocycles. The molecule has 1 aromatic rings. The first-order valence-electron chi connectivity index (χ1n) is 3.19. The largest absolute Gasteiger partial charge is 0.478 e. The van der Waals surface area contributed by atoms with E-state index in [9.17, 15) is 14.9 Å². The molecule has 14 heavy (non-hydrogen) atoms. The van der Waals surface area contributed by atoms with Crippen LogP contribution in [0.2, 0.25) is 0 Å². The van der Waals surface area contributed by atoms with Gasteiger partial charge in [-0.25, -0.2) is 4.79 Å². The number of benzene rings is 1. The standard InChI is InChI=1S/C7H4BrNO4.ClH/c8-6-2-1-4(9(12)13)3-5(6)7(10)11;/h1-3H,(H,10,11);1H. The quantitative estimate of drug-likeness (QED) is 0.667. The summed E-state index contributed by atoms with van der Waals surface area (Å²) in [6.45, 7) is 0. The summed E-state index contributed by atoms with van der Waals surface area (Å²) in [5, 5.41) is 18.9. The van der Waals surface area contributed by atoms with Gasteiger partial charge in [0, 0.05) is 16.6 Å². The first kappa shape index (κ1) is 12.9. The molecule has 0 aliphatic carbocycles. The van der Waals surface area contributed by atoms with Crippen LogP contribution >= 0.6 is 28.3 Å². The summed E-state index contributed by atoms with van der Waals surface area (Å²) < 4.78 is 0.325. The normalized spacial score (nSPS) is 8.93. The van der Waals surface area contributed by atoms with E-state index in [0.29, 0.717) is 4.47 Å². The van der Waals surface area contributed by atoms with E-state index in [0.717, 1.165) is 6.07 Å². The smallest absolute Gasteiger partial charge is 0.337 e. The molecule has 0 saturated heterocycles. The highest BCUT2D eigenvalue weighted by Crippen LogP contribution is 2.22. The maximum Gasteiger partial charge on any atom is 0.337 e. The summed E-state index contributed by atoms with van der Waals surface area (Å²) in [6, 6.07) is 3.57. The fourth-order valence-electron chi connectivity index (χ4n) is 0.791. The van der Waals surface area contributed by atoms with Gasteiger partial charge in [-0.15, -0.1) is 12.4 Å². The summed E-state index contributed by atoms with van der Waals surface area (Å²) >= 11 is 2.98. The van der Waals surface area contributed by atoms with Crippen LogP contribution in [0.1, 0.15) is 10.4 Å². The molecule has 0 unspecified atom stereocenters. The third-order valence-electron chi connectivity index (χ3n) is 1.39. The highest BCUT2D eigenvalue weighted by molar-refractivity contribution is 9.10. The molecule has 0 fully saturated rings. The minimum Gasteiger partial charge on any atom is -0.478 e. The number of halogens is 2. The lowest BCUT2D eigenvalue weighted by atomic mass is 10.2. The first-order valence-corrected chi connectivity index (χ1v) is 3.99. The Morgan fingerprint density at radius 2 is 2.07 bits per heavy atom.